The third-order valence-electron chi connectivity index (χ3n) is 4.83. The summed E-state index contributed by atoms with van der Waals surface area (Å²) >= 11 is 1.33. The van der Waals surface area contributed by atoms with Crippen molar-refractivity contribution in [1.29, 1.82) is 0 Å². The number of aromatic nitrogens is 2. The first kappa shape index (κ1) is 18.3. The number of carbonyl (C=O) groups excluding carboxylic acids is 2. The Hall–Kier alpha value is -3.06. The lowest BCUT2D eigenvalue weighted by Gasteiger charge is -2.16. The summed E-state index contributed by atoms with van der Waals surface area (Å²) in [5.41, 5.74) is 2.72. The van der Waals surface area contributed by atoms with Gasteiger partial charge in [0.2, 0.25) is 11.0 Å². The highest BCUT2D eigenvalue weighted by Gasteiger charge is 2.34. The second-order valence-electron chi connectivity index (χ2n) is 6.69. The smallest absolute Gasteiger partial charge is 0.257 e. The molecule has 1 aliphatic heterocycles. The van der Waals surface area contributed by atoms with Gasteiger partial charge in [0.05, 0.1) is 0 Å². The monoisotopic (exact) mass is 392 g/mol. The highest BCUT2D eigenvalue weighted by Crippen LogP contribution is 2.34. The van der Waals surface area contributed by atoms with E-state index in [1.807, 2.05) is 30.3 Å². The average molecular weight is 392 g/mol. The number of hydrogen-bond donors (Lipinski definition) is 1. The quantitative estimate of drug-likeness (QED) is 0.715. The van der Waals surface area contributed by atoms with Gasteiger partial charge in [0.25, 0.3) is 5.91 Å². The molecule has 1 aliphatic rings. The first-order chi connectivity index (χ1) is 13.6. The van der Waals surface area contributed by atoms with Crippen LogP contribution in [0, 0.1) is 0 Å². The van der Waals surface area contributed by atoms with Crippen molar-refractivity contribution in [3.8, 4) is 0 Å². The van der Waals surface area contributed by atoms with Crippen molar-refractivity contribution < 1.29 is 9.59 Å². The predicted octanol–water partition coefficient (Wildman–Crippen LogP) is 3.87. The number of hydrogen-bond acceptors (Lipinski definition) is 5. The average Bonchev–Trinajstić information content (AvgIpc) is 3.35. The molecule has 2 heterocycles. The Labute approximate surface area is 167 Å². The van der Waals surface area contributed by atoms with Crippen LogP contribution in [-0.4, -0.2) is 28.6 Å². The number of nitrogens with zero attached hydrogens (tertiary/aromatic N) is 3. The Morgan fingerprint density at radius 2 is 1.89 bits per heavy atom. The maximum atomic E-state index is 12.5. The SMILES string of the molecule is CCc1ccc(N2CC(c3nnc(NC(=O)c4ccccc4)s3)CC2=O)cc1. The minimum Gasteiger partial charge on any atom is -0.312 e. The fraction of sp³-hybridized carbons (Fsp3) is 0.238. The molecule has 3 aromatic rings. The second-order valence-corrected chi connectivity index (χ2v) is 7.70. The number of carbonyl (C=O) groups is 2. The van der Waals surface area contributed by atoms with Crippen molar-refractivity contribution >= 4 is 34.0 Å². The largest absolute Gasteiger partial charge is 0.312 e. The molecule has 1 unspecified atom stereocenters. The third-order valence-corrected chi connectivity index (χ3v) is 5.83. The van der Waals surface area contributed by atoms with Gasteiger partial charge >= 0.3 is 0 Å². The maximum absolute atomic E-state index is 12.5. The van der Waals surface area contributed by atoms with Gasteiger partial charge in [-0.25, -0.2) is 0 Å². The molecule has 1 N–H and O–H groups in total. The molecule has 1 aromatic heterocycles. The van der Waals surface area contributed by atoms with Crippen LogP contribution in [0.3, 0.4) is 0 Å². The molecule has 0 radical (unpaired) electrons. The molecule has 2 amide bonds. The number of rotatable bonds is 5. The topological polar surface area (TPSA) is 75.2 Å². The summed E-state index contributed by atoms with van der Waals surface area (Å²) in [7, 11) is 0. The highest BCUT2D eigenvalue weighted by atomic mass is 32.1. The minimum atomic E-state index is -0.219. The molecule has 28 heavy (non-hydrogen) atoms. The van der Waals surface area contributed by atoms with Gasteiger partial charge in [-0.1, -0.05) is 48.6 Å². The van der Waals surface area contributed by atoms with E-state index in [1.165, 1.54) is 16.9 Å². The fourth-order valence-electron chi connectivity index (χ4n) is 3.24. The van der Waals surface area contributed by atoms with E-state index in [2.05, 4.69) is 34.6 Å². The maximum Gasteiger partial charge on any atom is 0.257 e. The van der Waals surface area contributed by atoms with Gasteiger partial charge in [-0.15, -0.1) is 10.2 Å². The molecule has 0 aliphatic carbocycles. The van der Waals surface area contributed by atoms with Gasteiger partial charge in [0.1, 0.15) is 5.01 Å². The Kier molecular flexibility index (Phi) is 5.16. The first-order valence-electron chi connectivity index (χ1n) is 9.23. The molecule has 2 aromatic carbocycles. The van der Waals surface area contributed by atoms with Crippen molar-refractivity contribution in [3.05, 3.63) is 70.7 Å². The van der Waals surface area contributed by atoms with E-state index in [9.17, 15) is 9.59 Å². The molecule has 7 heteroatoms. The van der Waals surface area contributed by atoms with Crippen molar-refractivity contribution in [1.82, 2.24) is 10.2 Å². The van der Waals surface area contributed by atoms with Crippen LogP contribution >= 0.6 is 11.3 Å². The summed E-state index contributed by atoms with van der Waals surface area (Å²) in [6.07, 6.45) is 1.37. The zero-order valence-corrected chi connectivity index (χ0v) is 16.3. The lowest BCUT2D eigenvalue weighted by Crippen LogP contribution is -2.24. The van der Waals surface area contributed by atoms with Crippen molar-refractivity contribution in [2.24, 2.45) is 0 Å². The zero-order chi connectivity index (χ0) is 19.5. The van der Waals surface area contributed by atoms with E-state index < -0.39 is 0 Å². The molecule has 0 spiro atoms. The van der Waals surface area contributed by atoms with Gasteiger partial charge in [-0.2, -0.15) is 0 Å². The molecule has 0 bridgehead atoms. The molecular weight excluding hydrogens is 372 g/mol. The normalized spacial score (nSPS) is 16.4. The summed E-state index contributed by atoms with van der Waals surface area (Å²) < 4.78 is 0. The van der Waals surface area contributed by atoms with E-state index >= 15 is 0 Å². The lowest BCUT2D eigenvalue weighted by molar-refractivity contribution is -0.117. The summed E-state index contributed by atoms with van der Waals surface area (Å²) in [5, 5.41) is 12.3. The van der Waals surface area contributed by atoms with Gasteiger partial charge in [-0.3, -0.25) is 14.9 Å². The number of nitrogens with one attached hydrogen (secondary N) is 1. The summed E-state index contributed by atoms with van der Waals surface area (Å²) in [5.74, 6) is -0.152. The van der Waals surface area contributed by atoms with Gasteiger partial charge in [0, 0.05) is 30.1 Å². The zero-order valence-electron chi connectivity index (χ0n) is 15.5. The minimum absolute atomic E-state index is 0.0155. The van der Waals surface area contributed by atoms with Gasteiger partial charge < -0.3 is 4.90 Å². The molecule has 6 nitrogen and oxygen atoms in total. The van der Waals surface area contributed by atoms with Gasteiger partial charge in [-0.05, 0) is 36.2 Å². The Balaban J connectivity index is 1.44. The molecule has 142 valence electrons. The van der Waals surface area contributed by atoms with E-state index in [-0.39, 0.29) is 17.7 Å². The van der Waals surface area contributed by atoms with Crippen LogP contribution < -0.4 is 10.2 Å². The lowest BCUT2D eigenvalue weighted by atomic mass is 10.1. The van der Waals surface area contributed by atoms with Crippen LogP contribution in [0.25, 0.3) is 0 Å². The molecule has 1 saturated heterocycles. The summed E-state index contributed by atoms with van der Waals surface area (Å²) in [6.45, 7) is 2.68. The van der Waals surface area contributed by atoms with Crippen molar-refractivity contribution in [2.45, 2.75) is 25.7 Å². The van der Waals surface area contributed by atoms with Crippen LogP contribution in [0.2, 0.25) is 0 Å². The van der Waals surface area contributed by atoms with E-state index in [4.69, 9.17) is 0 Å². The highest BCUT2D eigenvalue weighted by molar-refractivity contribution is 7.15. The first-order valence-corrected chi connectivity index (χ1v) is 10.0. The van der Waals surface area contributed by atoms with Crippen LogP contribution in [0.1, 0.15) is 40.2 Å². The molecule has 0 saturated carbocycles. The molecule has 4 rings (SSSR count). The van der Waals surface area contributed by atoms with Crippen LogP contribution in [0.4, 0.5) is 10.8 Å². The predicted molar refractivity (Wildman–Crippen MR) is 110 cm³/mol. The Morgan fingerprint density at radius 3 is 2.61 bits per heavy atom. The Bertz CT molecular complexity index is 985. The summed E-state index contributed by atoms with van der Waals surface area (Å²) in [4.78, 5) is 26.5. The second kappa shape index (κ2) is 7.90. The Morgan fingerprint density at radius 1 is 1.14 bits per heavy atom. The summed E-state index contributed by atoms with van der Waals surface area (Å²) in [6, 6.07) is 17.1. The van der Waals surface area contributed by atoms with Crippen LogP contribution in [0.5, 0.6) is 0 Å². The van der Waals surface area contributed by atoms with E-state index in [0.29, 0.717) is 23.7 Å². The molecule has 1 atom stereocenters. The number of anilines is 2. The number of benzene rings is 2. The third kappa shape index (κ3) is 3.80. The van der Waals surface area contributed by atoms with E-state index in [1.54, 1.807) is 17.0 Å². The van der Waals surface area contributed by atoms with Crippen molar-refractivity contribution in [3.63, 3.8) is 0 Å². The van der Waals surface area contributed by atoms with Crippen molar-refractivity contribution in [2.75, 3.05) is 16.8 Å². The molecule has 1 fully saturated rings. The van der Waals surface area contributed by atoms with Crippen LogP contribution in [0.15, 0.2) is 54.6 Å². The standard InChI is InChI=1S/C21H20N4O2S/c1-2-14-8-10-17(11-9-14)25-13-16(12-18(25)26)20-23-24-21(28-20)22-19(27)15-6-4-3-5-7-15/h3-11,16H,2,12-13H2,1H3,(H,22,24,27). The van der Waals surface area contributed by atoms with E-state index in [0.717, 1.165) is 17.1 Å². The molecular formula is C21H20N4O2S. The van der Waals surface area contributed by atoms with Gasteiger partial charge in [0.15, 0.2) is 0 Å². The number of amides is 2. The van der Waals surface area contributed by atoms with Crippen LogP contribution in [-0.2, 0) is 11.2 Å². The fourth-order valence-corrected chi connectivity index (χ4v) is 4.07. The number of aryl methyl sites for hydroxylation is 1.